The van der Waals surface area contributed by atoms with Gasteiger partial charge in [0, 0.05) is 0 Å². The van der Waals surface area contributed by atoms with Crippen LogP contribution in [0.15, 0.2) is 54.6 Å². The highest BCUT2D eigenvalue weighted by Gasteiger charge is 2.59. The van der Waals surface area contributed by atoms with E-state index < -0.39 is 12.0 Å². The van der Waals surface area contributed by atoms with Gasteiger partial charge in [-0.05, 0) is 42.8 Å². The van der Waals surface area contributed by atoms with E-state index in [0.29, 0.717) is 17.9 Å². The number of methoxy groups -OCH3 is 1. The molecule has 2 amide bonds. The van der Waals surface area contributed by atoms with Crippen molar-refractivity contribution in [2.45, 2.75) is 25.5 Å². The Morgan fingerprint density at radius 2 is 1.65 bits per heavy atom. The van der Waals surface area contributed by atoms with Crippen LogP contribution in [0.5, 0.6) is 5.75 Å². The fourth-order valence-corrected chi connectivity index (χ4v) is 3.72. The topological polar surface area (TPSA) is 59.1 Å². The largest absolute Gasteiger partial charge is 0.497 e. The molecule has 2 aromatic carbocycles. The minimum Gasteiger partial charge on any atom is -0.497 e. The summed E-state index contributed by atoms with van der Waals surface area (Å²) in [5.74, 6) is -0.363. The maximum Gasteiger partial charge on any atom is 0.266 e. The first-order valence-corrected chi connectivity index (χ1v) is 8.68. The average molecular weight is 352 g/mol. The maximum atomic E-state index is 13.1. The lowest BCUT2D eigenvalue weighted by Gasteiger charge is -2.27. The van der Waals surface area contributed by atoms with Crippen LogP contribution in [-0.4, -0.2) is 31.1 Å². The summed E-state index contributed by atoms with van der Waals surface area (Å²) in [6.07, 6.45) is -0.0827. The summed E-state index contributed by atoms with van der Waals surface area (Å²) >= 11 is 0. The second kappa shape index (κ2) is 6.46. The standard InChI is InChI=1S/C20H20N2O4/c1-3-16-17-18(26-22(16)14-7-5-4-6-8-14)20(24)21(19(17)23)13-9-11-15(25-2)12-10-13/h4-12,16-18H,3H2,1-2H3/t16-,17-,18-/m0/s1. The molecule has 4 rings (SSSR count). The number of ether oxygens (including phenoxy) is 1. The molecule has 2 aliphatic rings. The van der Waals surface area contributed by atoms with Gasteiger partial charge in [0.25, 0.3) is 5.91 Å². The van der Waals surface area contributed by atoms with Crippen LogP contribution >= 0.6 is 0 Å². The molecule has 134 valence electrons. The molecule has 2 heterocycles. The molecule has 26 heavy (non-hydrogen) atoms. The normalized spacial score (nSPS) is 24.9. The van der Waals surface area contributed by atoms with Crippen LogP contribution in [0.1, 0.15) is 13.3 Å². The van der Waals surface area contributed by atoms with Gasteiger partial charge in [-0.25, -0.2) is 9.96 Å². The van der Waals surface area contributed by atoms with E-state index in [4.69, 9.17) is 9.57 Å². The maximum absolute atomic E-state index is 13.1. The lowest BCUT2D eigenvalue weighted by molar-refractivity contribution is -0.126. The number of imide groups is 1. The van der Waals surface area contributed by atoms with Crippen molar-refractivity contribution in [1.82, 2.24) is 0 Å². The van der Waals surface area contributed by atoms with Crippen LogP contribution in [0.4, 0.5) is 11.4 Å². The van der Waals surface area contributed by atoms with E-state index in [9.17, 15) is 9.59 Å². The van der Waals surface area contributed by atoms with Gasteiger partial charge in [0.15, 0.2) is 6.10 Å². The minimum absolute atomic E-state index is 0.179. The molecular weight excluding hydrogens is 332 g/mol. The third-order valence-electron chi connectivity index (χ3n) is 5.00. The summed E-state index contributed by atoms with van der Waals surface area (Å²) in [5, 5.41) is 1.72. The van der Waals surface area contributed by atoms with Gasteiger partial charge in [-0.3, -0.25) is 14.4 Å². The molecule has 2 fully saturated rings. The molecule has 3 atom stereocenters. The number of benzene rings is 2. The minimum atomic E-state index is -0.783. The Bertz CT molecular complexity index is 821. The van der Waals surface area contributed by atoms with Crippen LogP contribution in [-0.2, 0) is 14.4 Å². The Morgan fingerprint density at radius 3 is 2.27 bits per heavy atom. The molecule has 2 saturated heterocycles. The second-order valence-corrected chi connectivity index (χ2v) is 6.40. The number of nitrogens with zero attached hydrogens (tertiary/aromatic N) is 2. The number of carbonyl (C=O) groups excluding carboxylic acids is 2. The number of hydrogen-bond acceptors (Lipinski definition) is 5. The van der Waals surface area contributed by atoms with Crippen molar-refractivity contribution in [2.75, 3.05) is 17.1 Å². The predicted octanol–water partition coefficient (Wildman–Crippen LogP) is 2.78. The van der Waals surface area contributed by atoms with Crippen molar-refractivity contribution in [2.24, 2.45) is 5.92 Å². The van der Waals surface area contributed by atoms with Gasteiger partial charge >= 0.3 is 0 Å². The molecule has 6 nitrogen and oxygen atoms in total. The van der Waals surface area contributed by atoms with Crippen molar-refractivity contribution in [1.29, 1.82) is 0 Å². The zero-order chi connectivity index (χ0) is 18.3. The van der Waals surface area contributed by atoms with Gasteiger partial charge in [-0.2, -0.15) is 0 Å². The van der Waals surface area contributed by atoms with Crippen molar-refractivity contribution in [3.05, 3.63) is 54.6 Å². The van der Waals surface area contributed by atoms with E-state index >= 15 is 0 Å². The average Bonchev–Trinajstić information content (AvgIpc) is 3.19. The van der Waals surface area contributed by atoms with Gasteiger partial charge in [0.1, 0.15) is 5.75 Å². The van der Waals surface area contributed by atoms with Crippen molar-refractivity contribution >= 4 is 23.2 Å². The molecule has 0 N–H and O–H groups in total. The molecule has 0 saturated carbocycles. The highest BCUT2D eigenvalue weighted by Crippen LogP contribution is 2.41. The Labute approximate surface area is 151 Å². The fourth-order valence-electron chi connectivity index (χ4n) is 3.72. The first-order valence-electron chi connectivity index (χ1n) is 8.68. The summed E-state index contributed by atoms with van der Waals surface area (Å²) in [5.41, 5.74) is 1.39. The Hall–Kier alpha value is -2.86. The predicted molar refractivity (Wildman–Crippen MR) is 96.9 cm³/mol. The monoisotopic (exact) mass is 352 g/mol. The van der Waals surface area contributed by atoms with Gasteiger partial charge < -0.3 is 4.74 Å². The number of rotatable bonds is 4. The Kier molecular flexibility index (Phi) is 4.12. The quantitative estimate of drug-likeness (QED) is 0.792. The van der Waals surface area contributed by atoms with E-state index in [1.807, 2.05) is 37.3 Å². The molecule has 0 aliphatic carbocycles. The van der Waals surface area contributed by atoms with Crippen molar-refractivity contribution in [3.8, 4) is 5.75 Å². The molecule has 0 spiro atoms. The number of anilines is 2. The van der Waals surface area contributed by atoms with E-state index in [0.717, 1.165) is 5.69 Å². The lowest BCUT2D eigenvalue weighted by atomic mass is 9.94. The van der Waals surface area contributed by atoms with E-state index in [1.165, 1.54) is 4.90 Å². The van der Waals surface area contributed by atoms with E-state index in [1.54, 1.807) is 36.4 Å². The number of hydrogen-bond donors (Lipinski definition) is 0. The summed E-state index contributed by atoms with van der Waals surface area (Å²) in [7, 11) is 1.57. The molecule has 0 aromatic heterocycles. The highest BCUT2D eigenvalue weighted by atomic mass is 16.7. The fraction of sp³-hybridized carbons (Fsp3) is 0.300. The molecule has 6 heteroatoms. The third kappa shape index (κ3) is 2.45. The first kappa shape index (κ1) is 16.6. The van der Waals surface area contributed by atoms with Crippen molar-refractivity contribution < 1.29 is 19.2 Å². The third-order valence-corrected chi connectivity index (χ3v) is 5.00. The zero-order valence-electron chi connectivity index (χ0n) is 14.7. The molecule has 0 unspecified atom stereocenters. The lowest BCUT2D eigenvalue weighted by Crippen LogP contribution is -2.40. The van der Waals surface area contributed by atoms with Gasteiger partial charge in [-0.1, -0.05) is 25.1 Å². The molecular formula is C20H20N2O4. The number of amides is 2. The summed E-state index contributed by atoms with van der Waals surface area (Å²) < 4.78 is 5.14. The number of carbonyl (C=O) groups is 2. The SMILES string of the molecule is CC[C@H]1[C@@H]2C(=O)N(c3ccc(OC)cc3)C(=O)[C@H]2ON1c1ccccc1. The zero-order valence-corrected chi connectivity index (χ0v) is 14.7. The van der Waals surface area contributed by atoms with Gasteiger partial charge in [0.2, 0.25) is 5.91 Å². The van der Waals surface area contributed by atoms with E-state index in [-0.39, 0.29) is 17.9 Å². The van der Waals surface area contributed by atoms with Crippen LogP contribution in [0.25, 0.3) is 0 Å². The summed E-state index contributed by atoms with van der Waals surface area (Å²) in [6, 6.07) is 16.3. The Balaban J connectivity index is 1.64. The molecule has 2 aromatic rings. The van der Waals surface area contributed by atoms with Crippen LogP contribution in [0.2, 0.25) is 0 Å². The first-order chi connectivity index (χ1) is 12.7. The summed E-state index contributed by atoms with van der Waals surface area (Å²) in [6.45, 7) is 2.00. The molecule has 0 radical (unpaired) electrons. The van der Waals surface area contributed by atoms with Gasteiger partial charge in [0.05, 0.1) is 30.4 Å². The van der Waals surface area contributed by atoms with Crippen LogP contribution in [0.3, 0.4) is 0 Å². The Morgan fingerprint density at radius 1 is 0.962 bits per heavy atom. The molecule has 0 bridgehead atoms. The number of hydroxylamine groups is 1. The van der Waals surface area contributed by atoms with E-state index in [2.05, 4.69) is 0 Å². The number of para-hydroxylation sites is 1. The summed E-state index contributed by atoms with van der Waals surface area (Å²) in [4.78, 5) is 33.2. The van der Waals surface area contributed by atoms with Gasteiger partial charge in [-0.15, -0.1) is 0 Å². The second-order valence-electron chi connectivity index (χ2n) is 6.40. The highest BCUT2D eigenvalue weighted by molar-refractivity contribution is 6.23. The van der Waals surface area contributed by atoms with Crippen LogP contribution in [0, 0.1) is 5.92 Å². The van der Waals surface area contributed by atoms with Crippen LogP contribution < -0.4 is 14.7 Å². The van der Waals surface area contributed by atoms with Crippen molar-refractivity contribution in [3.63, 3.8) is 0 Å². The number of fused-ring (bicyclic) bond motifs is 1. The molecule has 2 aliphatic heterocycles. The smallest absolute Gasteiger partial charge is 0.266 e.